The summed E-state index contributed by atoms with van der Waals surface area (Å²) in [6.07, 6.45) is 0. The zero-order valence-corrected chi connectivity index (χ0v) is 15.0. The third-order valence-electron chi connectivity index (χ3n) is 3.36. The van der Waals surface area contributed by atoms with Crippen LogP contribution in [0.3, 0.4) is 0 Å². The molecule has 2 N–H and O–H groups in total. The molecule has 0 aliphatic rings. The fourth-order valence-corrected chi connectivity index (χ4v) is 4.06. The van der Waals surface area contributed by atoms with E-state index in [2.05, 4.69) is 22.0 Å². The number of rotatable bonds is 7. The van der Waals surface area contributed by atoms with Crippen LogP contribution in [-0.4, -0.2) is 48.4 Å². The lowest BCUT2D eigenvalue weighted by atomic mass is 10.1. The first-order valence-electron chi connectivity index (χ1n) is 6.89. The van der Waals surface area contributed by atoms with E-state index in [0.717, 1.165) is 16.9 Å². The number of likely N-dealkylation sites (N-methyl/N-ethyl adjacent to an activating group) is 2. The van der Waals surface area contributed by atoms with Gasteiger partial charge in [0, 0.05) is 24.0 Å². The molecule has 0 bridgehead atoms. The highest BCUT2D eigenvalue weighted by Crippen LogP contribution is 2.31. The molecular formula is C14H24BrN3OS. The first kappa shape index (κ1) is 17.6. The number of halogens is 1. The van der Waals surface area contributed by atoms with Gasteiger partial charge in [-0.15, -0.1) is 11.3 Å². The number of amides is 1. The van der Waals surface area contributed by atoms with Crippen molar-refractivity contribution >= 4 is 33.2 Å². The van der Waals surface area contributed by atoms with Crippen LogP contribution in [0.25, 0.3) is 0 Å². The number of hydrogen-bond acceptors (Lipinski definition) is 4. The van der Waals surface area contributed by atoms with E-state index in [4.69, 9.17) is 5.73 Å². The zero-order chi connectivity index (χ0) is 15.3. The summed E-state index contributed by atoms with van der Waals surface area (Å²) in [5.41, 5.74) is 6.12. The fourth-order valence-electron chi connectivity index (χ4n) is 2.35. The van der Waals surface area contributed by atoms with Crippen LogP contribution < -0.4 is 5.73 Å². The van der Waals surface area contributed by atoms with Crippen molar-refractivity contribution in [1.82, 2.24) is 9.80 Å². The van der Waals surface area contributed by atoms with E-state index in [9.17, 15) is 4.79 Å². The Morgan fingerprint density at radius 3 is 2.40 bits per heavy atom. The average molecular weight is 362 g/mol. The lowest BCUT2D eigenvalue weighted by Gasteiger charge is -2.31. The summed E-state index contributed by atoms with van der Waals surface area (Å²) in [5.74, 6) is 0.152. The number of thiophene rings is 1. The molecule has 2 atom stereocenters. The summed E-state index contributed by atoms with van der Waals surface area (Å²) >= 11 is 5.15. The van der Waals surface area contributed by atoms with Crippen LogP contribution >= 0.6 is 27.3 Å². The maximum Gasteiger partial charge on any atom is 0.236 e. The van der Waals surface area contributed by atoms with Gasteiger partial charge in [0.25, 0.3) is 0 Å². The van der Waals surface area contributed by atoms with E-state index >= 15 is 0 Å². The van der Waals surface area contributed by atoms with Gasteiger partial charge in [-0.2, -0.15) is 0 Å². The lowest BCUT2D eigenvalue weighted by Crippen LogP contribution is -2.44. The van der Waals surface area contributed by atoms with Gasteiger partial charge in [-0.25, -0.2) is 0 Å². The number of hydrogen-bond donors (Lipinski definition) is 1. The van der Waals surface area contributed by atoms with Gasteiger partial charge in [-0.05, 0) is 55.9 Å². The van der Waals surface area contributed by atoms with Crippen molar-refractivity contribution in [2.24, 2.45) is 5.73 Å². The van der Waals surface area contributed by atoms with Crippen LogP contribution in [0.4, 0.5) is 0 Å². The summed E-state index contributed by atoms with van der Waals surface area (Å²) in [5, 5.41) is 0. The maximum atomic E-state index is 12.2. The largest absolute Gasteiger partial charge is 0.342 e. The number of nitrogens with two attached hydrogens (primary N) is 1. The van der Waals surface area contributed by atoms with E-state index in [1.807, 2.05) is 43.7 Å². The van der Waals surface area contributed by atoms with Crippen molar-refractivity contribution in [3.63, 3.8) is 0 Å². The van der Waals surface area contributed by atoms with Crippen molar-refractivity contribution in [1.29, 1.82) is 0 Å². The van der Waals surface area contributed by atoms with E-state index in [1.54, 1.807) is 11.3 Å². The Balaban J connectivity index is 2.80. The Hall–Kier alpha value is -0.430. The molecule has 6 heteroatoms. The molecule has 0 aliphatic heterocycles. The van der Waals surface area contributed by atoms with Gasteiger partial charge in [-0.1, -0.05) is 0 Å². The van der Waals surface area contributed by atoms with Crippen LogP contribution in [-0.2, 0) is 4.79 Å². The molecule has 0 saturated heterocycles. The molecule has 0 radical (unpaired) electrons. The van der Waals surface area contributed by atoms with Gasteiger partial charge in [0.05, 0.1) is 16.4 Å². The predicted octanol–water partition coefficient (Wildman–Crippen LogP) is 2.70. The number of carbonyl (C=O) groups excluding carboxylic acids is 1. The minimum absolute atomic E-state index is 0.0324. The van der Waals surface area contributed by atoms with E-state index < -0.39 is 0 Å². The summed E-state index contributed by atoms with van der Waals surface area (Å²) in [7, 11) is 1.96. The second-order valence-corrected chi connectivity index (χ2v) is 7.42. The molecule has 20 heavy (non-hydrogen) atoms. The maximum absolute atomic E-state index is 12.2. The Bertz CT molecular complexity index is 432. The topological polar surface area (TPSA) is 49.6 Å². The normalized spacial score (nSPS) is 14.3. The second-order valence-electron chi connectivity index (χ2n) is 4.93. The molecule has 1 aromatic rings. The average Bonchev–Trinajstić information content (AvgIpc) is 2.76. The van der Waals surface area contributed by atoms with Crippen LogP contribution in [0.2, 0.25) is 0 Å². The highest BCUT2D eigenvalue weighted by atomic mass is 79.9. The van der Waals surface area contributed by atoms with Crippen molar-refractivity contribution in [2.75, 3.05) is 26.7 Å². The van der Waals surface area contributed by atoms with Crippen LogP contribution in [0, 0.1) is 0 Å². The van der Waals surface area contributed by atoms with Gasteiger partial charge >= 0.3 is 0 Å². The Labute approximate surface area is 134 Å². The van der Waals surface area contributed by atoms with Gasteiger partial charge in [0.2, 0.25) is 5.91 Å². The van der Waals surface area contributed by atoms with Crippen LogP contribution in [0.5, 0.6) is 0 Å². The molecule has 1 amide bonds. The van der Waals surface area contributed by atoms with Gasteiger partial charge < -0.3 is 10.6 Å². The van der Waals surface area contributed by atoms with E-state index in [0.29, 0.717) is 6.54 Å². The fraction of sp³-hybridized carbons (Fsp3) is 0.643. The third-order valence-corrected chi connectivity index (χ3v) is 5.05. The molecule has 114 valence electrons. The standard InChI is InChI=1S/C14H24BrN3OS/c1-5-18(6-2)13(19)9-17(4)14(10(3)16)11-7-8-12(15)20-11/h7-8,10,14H,5-6,9,16H2,1-4H3. The highest BCUT2D eigenvalue weighted by Gasteiger charge is 2.25. The van der Waals surface area contributed by atoms with E-state index in [-0.39, 0.29) is 18.0 Å². The third kappa shape index (κ3) is 4.55. The van der Waals surface area contributed by atoms with Crippen molar-refractivity contribution in [3.05, 3.63) is 20.8 Å². The molecular weight excluding hydrogens is 338 g/mol. The molecule has 0 spiro atoms. The zero-order valence-electron chi connectivity index (χ0n) is 12.6. The first-order chi connectivity index (χ1) is 9.40. The molecule has 1 rings (SSSR count). The summed E-state index contributed by atoms with van der Waals surface area (Å²) in [6, 6.07) is 4.12. The van der Waals surface area contributed by atoms with Crippen LogP contribution in [0.15, 0.2) is 15.9 Å². The quantitative estimate of drug-likeness (QED) is 0.811. The molecule has 0 fully saturated rings. The number of carbonyl (C=O) groups is 1. The molecule has 2 unspecified atom stereocenters. The Kier molecular flexibility index (Phi) is 7.15. The molecule has 1 heterocycles. The summed E-state index contributed by atoms with van der Waals surface area (Å²) in [6.45, 7) is 7.87. The molecule has 0 saturated carbocycles. The minimum atomic E-state index is -0.0324. The molecule has 0 aliphatic carbocycles. The van der Waals surface area contributed by atoms with Crippen molar-refractivity contribution in [2.45, 2.75) is 32.9 Å². The summed E-state index contributed by atoms with van der Waals surface area (Å²) < 4.78 is 1.08. The molecule has 1 aromatic heterocycles. The SMILES string of the molecule is CCN(CC)C(=O)CN(C)C(c1ccc(Br)s1)C(C)N. The van der Waals surface area contributed by atoms with Gasteiger partial charge in [0.1, 0.15) is 0 Å². The first-order valence-corrected chi connectivity index (χ1v) is 8.50. The molecule has 4 nitrogen and oxygen atoms in total. The predicted molar refractivity (Wildman–Crippen MR) is 89.0 cm³/mol. The minimum Gasteiger partial charge on any atom is -0.342 e. The van der Waals surface area contributed by atoms with Crippen LogP contribution in [0.1, 0.15) is 31.7 Å². The highest BCUT2D eigenvalue weighted by molar-refractivity contribution is 9.11. The Morgan fingerprint density at radius 2 is 2.00 bits per heavy atom. The Morgan fingerprint density at radius 1 is 1.40 bits per heavy atom. The lowest BCUT2D eigenvalue weighted by molar-refractivity contribution is -0.132. The van der Waals surface area contributed by atoms with Crippen molar-refractivity contribution in [3.8, 4) is 0 Å². The molecule has 0 aromatic carbocycles. The van der Waals surface area contributed by atoms with Gasteiger partial charge in [-0.3, -0.25) is 9.69 Å². The monoisotopic (exact) mass is 361 g/mol. The number of nitrogens with zero attached hydrogens (tertiary/aromatic N) is 2. The summed E-state index contributed by atoms with van der Waals surface area (Å²) in [4.78, 5) is 17.3. The van der Waals surface area contributed by atoms with Crippen molar-refractivity contribution < 1.29 is 4.79 Å². The smallest absolute Gasteiger partial charge is 0.236 e. The van der Waals surface area contributed by atoms with Gasteiger partial charge in [0.15, 0.2) is 0 Å². The second kappa shape index (κ2) is 8.12. The van der Waals surface area contributed by atoms with E-state index in [1.165, 1.54) is 4.88 Å².